The number of aromatic amines is 1. The highest BCUT2D eigenvalue weighted by atomic mass is 16.2. The number of rotatable bonds is 4. The van der Waals surface area contributed by atoms with E-state index in [1.165, 1.54) is 16.7 Å². The van der Waals surface area contributed by atoms with Crippen LogP contribution in [0.5, 0.6) is 0 Å². The third kappa shape index (κ3) is 3.14. The summed E-state index contributed by atoms with van der Waals surface area (Å²) in [5, 5.41) is 0. The van der Waals surface area contributed by atoms with Gasteiger partial charge in [0.15, 0.2) is 0 Å². The molecule has 1 aliphatic rings. The Hall–Kier alpha value is -2.56. The van der Waals surface area contributed by atoms with E-state index in [2.05, 4.69) is 37.0 Å². The zero-order valence-corrected chi connectivity index (χ0v) is 16.0. The predicted molar refractivity (Wildman–Crippen MR) is 102 cm³/mol. The van der Waals surface area contributed by atoms with E-state index in [0.717, 1.165) is 12.0 Å². The molecule has 3 N–H and O–H groups in total. The van der Waals surface area contributed by atoms with Crippen molar-refractivity contribution in [3.63, 3.8) is 0 Å². The standard InChI is InChI=1S/C21H27N3O2/c1-5-17-18(20(22)25)13(4)23-19(17)21(26)24-9-8-14-6-7-15(12(2)3)10-16(14)11-24/h6-7,10,12,23H,5,8-9,11H2,1-4H3,(H2,22,25). The zero-order chi connectivity index (χ0) is 19.0. The fourth-order valence-electron chi connectivity index (χ4n) is 3.81. The minimum absolute atomic E-state index is 0.0574. The van der Waals surface area contributed by atoms with Crippen molar-refractivity contribution in [3.8, 4) is 0 Å². The second-order valence-corrected chi connectivity index (χ2v) is 7.36. The molecule has 5 heteroatoms. The first-order valence-corrected chi connectivity index (χ1v) is 9.25. The predicted octanol–water partition coefficient (Wildman–Crippen LogP) is 3.31. The number of amides is 2. The molecule has 0 unspecified atom stereocenters. The largest absolute Gasteiger partial charge is 0.366 e. The van der Waals surface area contributed by atoms with Crippen molar-refractivity contribution in [1.29, 1.82) is 0 Å². The molecule has 1 aromatic carbocycles. The number of aryl methyl sites for hydroxylation is 1. The number of nitrogens with one attached hydrogen (secondary N) is 1. The molecule has 0 spiro atoms. The Morgan fingerprint density at radius 2 is 2.00 bits per heavy atom. The van der Waals surface area contributed by atoms with Gasteiger partial charge in [0.2, 0.25) is 0 Å². The van der Waals surface area contributed by atoms with Crippen LogP contribution in [-0.4, -0.2) is 28.2 Å². The van der Waals surface area contributed by atoms with Crippen LogP contribution in [0.2, 0.25) is 0 Å². The van der Waals surface area contributed by atoms with Gasteiger partial charge in [-0.15, -0.1) is 0 Å². The topological polar surface area (TPSA) is 79.2 Å². The van der Waals surface area contributed by atoms with Gasteiger partial charge in [-0.3, -0.25) is 9.59 Å². The number of benzene rings is 1. The first-order chi connectivity index (χ1) is 12.3. The lowest BCUT2D eigenvalue weighted by molar-refractivity contribution is 0.0728. The zero-order valence-electron chi connectivity index (χ0n) is 16.0. The van der Waals surface area contributed by atoms with E-state index in [4.69, 9.17) is 5.73 Å². The Balaban J connectivity index is 1.92. The molecule has 5 nitrogen and oxygen atoms in total. The number of carbonyl (C=O) groups is 2. The lowest BCUT2D eigenvalue weighted by atomic mass is 9.93. The van der Waals surface area contributed by atoms with Crippen LogP contribution in [0.1, 0.15) is 75.5 Å². The molecule has 138 valence electrons. The molecular weight excluding hydrogens is 326 g/mol. The van der Waals surface area contributed by atoms with Crippen molar-refractivity contribution in [3.05, 3.63) is 57.4 Å². The van der Waals surface area contributed by atoms with E-state index in [9.17, 15) is 9.59 Å². The Bertz CT molecular complexity index is 864. The van der Waals surface area contributed by atoms with Gasteiger partial charge in [0.25, 0.3) is 11.8 Å². The number of H-pyrrole nitrogens is 1. The van der Waals surface area contributed by atoms with Gasteiger partial charge in [0, 0.05) is 18.8 Å². The Morgan fingerprint density at radius 3 is 2.62 bits per heavy atom. The van der Waals surface area contributed by atoms with E-state index >= 15 is 0 Å². The van der Waals surface area contributed by atoms with Crippen LogP contribution in [0, 0.1) is 6.92 Å². The number of nitrogens with zero attached hydrogens (tertiary/aromatic N) is 1. The third-order valence-corrected chi connectivity index (χ3v) is 5.30. The number of fused-ring (bicyclic) bond motifs is 1. The summed E-state index contributed by atoms with van der Waals surface area (Å²) < 4.78 is 0. The summed E-state index contributed by atoms with van der Waals surface area (Å²) in [6, 6.07) is 6.59. The normalized spacial score (nSPS) is 13.8. The van der Waals surface area contributed by atoms with Gasteiger partial charge >= 0.3 is 0 Å². The van der Waals surface area contributed by atoms with Crippen LogP contribution in [0.3, 0.4) is 0 Å². The number of aromatic nitrogens is 1. The lowest BCUT2D eigenvalue weighted by Crippen LogP contribution is -2.36. The maximum atomic E-state index is 13.1. The molecule has 1 aromatic heterocycles. The van der Waals surface area contributed by atoms with Crippen molar-refractivity contribution < 1.29 is 9.59 Å². The van der Waals surface area contributed by atoms with E-state index in [1.54, 1.807) is 6.92 Å². The Labute approximate surface area is 154 Å². The molecular formula is C21H27N3O2. The minimum Gasteiger partial charge on any atom is -0.366 e. The quantitative estimate of drug-likeness (QED) is 0.884. The smallest absolute Gasteiger partial charge is 0.270 e. The molecule has 0 saturated carbocycles. The molecule has 2 amide bonds. The van der Waals surface area contributed by atoms with Crippen LogP contribution in [0.15, 0.2) is 18.2 Å². The molecule has 2 heterocycles. The first kappa shape index (κ1) is 18.2. The van der Waals surface area contributed by atoms with Gasteiger partial charge in [-0.05, 0) is 47.9 Å². The summed E-state index contributed by atoms with van der Waals surface area (Å²) >= 11 is 0. The summed E-state index contributed by atoms with van der Waals surface area (Å²) in [5.41, 5.74) is 11.7. The fraction of sp³-hybridized carbons (Fsp3) is 0.429. The number of hydrogen-bond acceptors (Lipinski definition) is 2. The molecule has 0 aliphatic carbocycles. The van der Waals surface area contributed by atoms with Gasteiger partial charge in [-0.2, -0.15) is 0 Å². The maximum absolute atomic E-state index is 13.1. The highest BCUT2D eigenvalue weighted by molar-refractivity contribution is 6.02. The molecule has 3 rings (SSSR count). The maximum Gasteiger partial charge on any atom is 0.270 e. The van der Waals surface area contributed by atoms with Crippen LogP contribution in [-0.2, 0) is 19.4 Å². The SMILES string of the molecule is CCc1c(C(=O)N2CCc3ccc(C(C)C)cc3C2)[nH]c(C)c1C(N)=O. The summed E-state index contributed by atoms with van der Waals surface area (Å²) in [4.78, 5) is 29.9. The van der Waals surface area contributed by atoms with Crippen LogP contribution in [0.4, 0.5) is 0 Å². The highest BCUT2D eigenvalue weighted by Gasteiger charge is 2.28. The average Bonchev–Trinajstić information content (AvgIpc) is 2.96. The van der Waals surface area contributed by atoms with Crippen molar-refractivity contribution in [2.24, 2.45) is 5.73 Å². The molecule has 1 aliphatic heterocycles. The fourth-order valence-corrected chi connectivity index (χ4v) is 3.81. The average molecular weight is 353 g/mol. The van der Waals surface area contributed by atoms with E-state index < -0.39 is 5.91 Å². The van der Waals surface area contributed by atoms with E-state index in [-0.39, 0.29) is 5.91 Å². The monoisotopic (exact) mass is 353 g/mol. The van der Waals surface area contributed by atoms with Crippen LogP contribution < -0.4 is 5.73 Å². The Morgan fingerprint density at radius 1 is 1.27 bits per heavy atom. The van der Waals surface area contributed by atoms with Gasteiger partial charge in [-0.25, -0.2) is 0 Å². The second-order valence-electron chi connectivity index (χ2n) is 7.36. The Kier molecular flexibility index (Phi) is 4.90. The molecule has 0 atom stereocenters. The minimum atomic E-state index is -0.486. The van der Waals surface area contributed by atoms with Gasteiger partial charge in [0.1, 0.15) is 5.69 Å². The van der Waals surface area contributed by atoms with Crippen molar-refractivity contribution in [1.82, 2.24) is 9.88 Å². The molecule has 26 heavy (non-hydrogen) atoms. The highest BCUT2D eigenvalue weighted by Crippen LogP contribution is 2.27. The molecule has 0 fully saturated rings. The molecule has 2 aromatic rings. The van der Waals surface area contributed by atoms with Gasteiger partial charge < -0.3 is 15.6 Å². The second kappa shape index (κ2) is 6.98. The van der Waals surface area contributed by atoms with Crippen LogP contribution >= 0.6 is 0 Å². The number of hydrogen-bond donors (Lipinski definition) is 2. The molecule has 0 saturated heterocycles. The lowest BCUT2D eigenvalue weighted by Gasteiger charge is -2.29. The van der Waals surface area contributed by atoms with Crippen molar-refractivity contribution in [2.45, 2.75) is 53.0 Å². The third-order valence-electron chi connectivity index (χ3n) is 5.30. The van der Waals surface area contributed by atoms with E-state index in [1.807, 2.05) is 11.8 Å². The molecule has 0 radical (unpaired) electrons. The first-order valence-electron chi connectivity index (χ1n) is 9.25. The van der Waals surface area contributed by atoms with Gasteiger partial charge in [-0.1, -0.05) is 39.0 Å². The number of nitrogens with two attached hydrogens (primary N) is 1. The van der Waals surface area contributed by atoms with Gasteiger partial charge in [0.05, 0.1) is 5.56 Å². The number of carbonyl (C=O) groups excluding carboxylic acids is 2. The summed E-state index contributed by atoms with van der Waals surface area (Å²) in [6.07, 6.45) is 1.44. The van der Waals surface area contributed by atoms with Crippen molar-refractivity contribution >= 4 is 11.8 Å². The summed E-state index contributed by atoms with van der Waals surface area (Å²) in [5.74, 6) is -0.0829. The number of primary amides is 1. The van der Waals surface area contributed by atoms with E-state index in [0.29, 0.717) is 42.4 Å². The van der Waals surface area contributed by atoms with Crippen molar-refractivity contribution in [2.75, 3.05) is 6.54 Å². The molecule has 0 bridgehead atoms. The van der Waals surface area contributed by atoms with Crippen LogP contribution in [0.25, 0.3) is 0 Å². The summed E-state index contributed by atoms with van der Waals surface area (Å²) in [7, 11) is 0. The summed E-state index contributed by atoms with van der Waals surface area (Å²) in [6.45, 7) is 9.35.